The topological polar surface area (TPSA) is 121 Å². The average molecular weight is 445 g/mol. The summed E-state index contributed by atoms with van der Waals surface area (Å²) in [6.07, 6.45) is 0. The standard InChI is InChI=1S/C24H23N5O4/c1-14-10-16(18-4-2-3-5-19(18)26-14)12-33-17-8-6-15(7-9-17)21(30)27-20-11-25-13-24(20)22(31)28-23(32)29-24/h2-10,20,25H,11-13H2,1H3,(H,27,30)(H2,28,29,31,32). The number of carbonyl (C=O) groups is 3. The van der Waals surface area contributed by atoms with Crippen LogP contribution in [-0.4, -0.2) is 47.5 Å². The third-order valence-corrected chi connectivity index (χ3v) is 6.06. The molecule has 1 aromatic heterocycles. The van der Waals surface area contributed by atoms with Crippen molar-refractivity contribution in [2.24, 2.45) is 0 Å². The predicted octanol–water partition coefficient (Wildman–Crippen LogP) is 1.40. The maximum Gasteiger partial charge on any atom is 0.322 e. The number of hydrogen-bond donors (Lipinski definition) is 4. The van der Waals surface area contributed by atoms with E-state index in [4.69, 9.17) is 4.74 Å². The zero-order valence-electron chi connectivity index (χ0n) is 18.0. The number of urea groups is 1. The van der Waals surface area contributed by atoms with Crippen molar-refractivity contribution in [3.8, 4) is 5.75 Å². The summed E-state index contributed by atoms with van der Waals surface area (Å²) in [5.74, 6) is -0.142. The number of carbonyl (C=O) groups excluding carboxylic acids is 3. The van der Waals surface area contributed by atoms with Gasteiger partial charge < -0.3 is 20.7 Å². The Morgan fingerprint density at radius 3 is 2.73 bits per heavy atom. The molecular formula is C24H23N5O4. The number of ether oxygens (including phenoxy) is 1. The van der Waals surface area contributed by atoms with Crippen LogP contribution in [-0.2, 0) is 11.4 Å². The third-order valence-electron chi connectivity index (χ3n) is 6.06. The molecule has 0 saturated carbocycles. The second-order valence-corrected chi connectivity index (χ2v) is 8.29. The molecule has 0 radical (unpaired) electrons. The van der Waals surface area contributed by atoms with Crippen LogP contribution in [0.2, 0.25) is 0 Å². The van der Waals surface area contributed by atoms with Crippen LogP contribution in [0.15, 0.2) is 54.6 Å². The van der Waals surface area contributed by atoms with Gasteiger partial charge in [-0.2, -0.15) is 0 Å². The van der Waals surface area contributed by atoms with Gasteiger partial charge in [-0.25, -0.2) is 4.79 Å². The van der Waals surface area contributed by atoms with Crippen molar-refractivity contribution in [3.05, 3.63) is 71.4 Å². The Kier molecular flexibility index (Phi) is 5.18. The van der Waals surface area contributed by atoms with Crippen molar-refractivity contribution in [3.63, 3.8) is 0 Å². The summed E-state index contributed by atoms with van der Waals surface area (Å²) in [6, 6.07) is 15.6. The van der Waals surface area contributed by atoms with E-state index in [1.54, 1.807) is 24.3 Å². The van der Waals surface area contributed by atoms with E-state index in [-0.39, 0.29) is 12.5 Å². The molecule has 2 unspecified atom stereocenters. The molecule has 9 nitrogen and oxygen atoms in total. The number of nitrogens with zero attached hydrogens (tertiary/aromatic N) is 1. The molecule has 0 aliphatic carbocycles. The number of fused-ring (bicyclic) bond motifs is 1. The lowest BCUT2D eigenvalue weighted by Crippen LogP contribution is -2.62. The molecule has 3 heterocycles. The molecule has 2 saturated heterocycles. The van der Waals surface area contributed by atoms with Gasteiger partial charge in [-0.15, -0.1) is 0 Å². The molecule has 4 amide bonds. The van der Waals surface area contributed by atoms with E-state index < -0.39 is 23.5 Å². The van der Waals surface area contributed by atoms with Crippen LogP contribution in [0, 0.1) is 6.92 Å². The van der Waals surface area contributed by atoms with Gasteiger partial charge in [0.2, 0.25) is 0 Å². The number of hydrogen-bond acceptors (Lipinski definition) is 6. The number of rotatable bonds is 5. The van der Waals surface area contributed by atoms with Gasteiger partial charge in [0.05, 0.1) is 11.6 Å². The van der Waals surface area contributed by atoms with Crippen LogP contribution in [0.1, 0.15) is 21.6 Å². The summed E-state index contributed by atoms with van der Waals surface area (Å²) in [6.45, 7) is 2.96. The number of imide groups is 1. The fraction of sp³-hybridized carbons (Fsp3) is 0.250. The van der Waals surface area contributed by atoms with Crippen LogP contribution in [0.5, 0.6) is 5.75 Å². The Balaban J connectivity index is 1.25. The summed E-state index contributed by atoms with van der Waals surface area (Å²) >= 11 is 0. The van der Waals surface area contributed by atoms with Gasteiger partial charge in [0.25, 0.3) is 11.8 Å². The Bertz CT molecular complexity index is 1260. The molecular weight excluding hydrogens is 422 g/mol. The second kappa shape index (κ2) is 8.18. The highest BCUT2D eigenvalue weighted by Crippen LogP contribution is 2.22. The Hall–Kier alpha value is -3.98. The monoisotopic (exact) mass is 445 g/mol. The van der Waals surface area contributed by atoms with Crippen molar-refractivity contribution in [2.45, 2.75) is 25.1 Å². The number of nitrogens with one attached hydrogen (secondary N) is 4. The maximum absolute atomic E-state index is 12.8. The molecule has 2 aromatic carbocycles. The molecule has 5 rings (SSSR count). The van der Waals surface area contributed by atoms with E-state index in [1.807, 2.05) is 37.3 Å². The number of aryl methyl sites for hydroxylation is 1. The van der Waals surface area contributed by atoms with Crippen molar-refractivity contribution in [2.75, 3.05) is 13.1 Å². The highest BCUT2D eigenvalue weighted by molar-refractivity contribution is 6.08. The van der Waals surface area contributed by atoms with E-state index in [0.29, 0.717) is 24.5 Å². The van der Waals surface area contributed by atoms with Gasteiger partial charge in [-0.1, -0.05) is 18.2 Å². The quantitative estimate of drug-likeness (QED) is 0.441. The lowest BCUT2D eigenvalue weighted by Gasteiger charge is -2.27. The van der Waals surface area contributed by atoms with Crippen LogP contribution in [0.3, 0.4) is 0 Å². The predicted molar refractivity (Wildman–Crippen MR) is 121 cm³/mol. The van der Waals surface area contributed by atoms with Crippen LogP contribution in [0.4, 0.5) is 4.79 Å². The van der Waals surface area contributed by atoms with E-state index in [9.17, 15) is 14.4 Å². The van der Waals surface area contributed by atoms with Crippen LogP contribution in [0.25, 0.3) is 10.9 Å². The summed E-state index contributed by atoms with van der Waals surface area (Å²) in [7, 11) is 0. The molecule has 2 aliphatic rings. The molecule has 33 heavy (non-hydrogen) atoms. The van der Waals surface area contributed by atoms with Gasteiger partial charge in [0.15, 0.2) is 5.54 Å². The van der Waals surface area contributed by atoms with Crippen molar-refractivity contribution in [1.82, 2.24) is 26.3 Å². The molecule has 168 valence electrons. The Morgan fingerprint density at radius 1 is 1.18 bits per heavy atom. The first-order valence-electron chi connectivity index (χ1n) is 10.7. The largest absolute Gasteiger partial charge is 0.489 e. The number of pyridine rings is 1. The first-order chi connectivity index (χ1) is 15.9. The zero-order chi connectivity index (χ0) is 23.0. The molecule has 4 N–H and O–H groups in total. The van der Waals surface area contributed by atoms with Crippen molar-refractivity contribution >= 4 is 28.7 Å². The average Bonchev–Trinajstić information content (AvgIpc) is 3.33. The minimum absolute atomic E-state index is 0.255. The number of aromatic nitrogens is 1. The first-order valence-corrected chi connectivity index (χ1v) is 10.7. The molecule has 1 spiro atoms. The second-order valence-electron chi connectivity index (χ2n) is 8.29. The molecule has 2 atom stereocenters. The summed E-state index contributed by atoms with van der Waals surface area (Å²) < 4.78 is 5.96. The highest BCUT2D eigenvalue weighted by atomic mass is 16.5. The van der Waals surface area contributed by atoms with E-state index in [0.717, 1.165) is 22.2 Å². The van der Waals surface area contributed by atoms with E-state index in [2.05, 4.69) is 26.3 Å². The fourth-order valence-electron chi connectivity index (χ4n) is 4.38. The first kappa shape index (κ1) is 20.9. The lowest BCUT2D eigenvalue weighted by molar-refractivity contribution is -0.123. The minimum atomic E-state index is -1.17. The lowest BCUT2D eigenvalue weighted by atomic mass is 9.93. The maximum atomic E-state index is 12.8. The fourth-order valence-corrected chi connectivity index (χ4v) is 4.38. The smallest absolute Gasteiger partial charge is 0.322 e. The highest BCUT2D eigenvalue weighted by Gasteiger charge is 2.55. The minimum Gasteiger partial charge on any atom is -0.489 e. The summed E-state index contributed by atoms with van der Waals surface area (Å²) in [5.41, 5.74) is 2.15. The number of benzene rings is 2. The molecule has 2 aliphatic heterocycles. The Labute approximate surface area is 189 Å². The van der Waals surface area contributed by atoms with Gasteiger partial charge in [0.1, 0.15) is 12.4 Å². The molecule has 0 bridgehead atoms. The van der Waals surface area contributed by atoms with E-state index >= 15 is 0 Å². The van der Waals surface area contributed by atoms with Gasteiger partial charge in [-0.05, 0) is 43.3 Å². The molecule has 2 fully saturated rings. The molecule has 9 heteroatoms. The number of para-hydroxylation sites is 1. The zero-order valence-corrected chi connectivity index (χ0v) is 18.0. The van der Waals surface area contributed by atoms with Crippen LogP contribution < -0.4 is 26.0 Å². The third kappa shape index (κ3) is 3.87. The SMILES string of the molecule is Cc1cc(COc2ccc(C(=O)NC3CNCC34NC(=O)NC4=O)cc2)c2ccccc2n1. The van der Waals surface area contributed by atoms with Crippen molar-refractivity contribution in [1.29, 1.82) is 0 Å². The normalized spacial score (nSPS) is 21.8. The van der Waals surface area contributed by atoms with Crippen molar-refractivity contribution < 1.29 is 19.1 Å². The molecule has 3 aromatic rings. The summed E-state index contributed by atoms with van der Waals surface area (Å²) in [5, 5.41) is 11.8. The summed E-state index contributed by atoms with van der Waals surface area (Å²) in [4.78, 5) is 41.2. The van der Waals surface area contributed by atoms with Gasteiger partial charge in [-0.3, -0.25) is 19.9 Å². The van der Waals surface area contributed by atoms with E-state index in [1.165, 1.54) is 0 Å². The van der Waals surface area contributed by atoms with Gasteiger partial charge >= 0.3 is 6.03 Å². The Morgan fingerprint density at radius 2 is 1.97 bits per heavy atom. The van der Waals surface area contributed by atoms with Gasteiger partial charge in [0, 0.05) is 35.3 Å². The van der Waals surface area contributed by atoms with Crippen LogP contribution >= 0.6 is 0 Å². The number of amides is 4.